The molecule has 2 aromatic rings. The summed E-state index contributed by atoms with van der Waals surface area (Å²) in [4.78, 5) is 17.1. The molecular weight excluding hydrogens is 350 g/mol. The van der Waals surface area contributed by atoms with E-state index in [0.29, 0.717) is 17.1 Å². The second-order valence-electron chi connectivity index (χ2n) is 7.11. The Morgan fingerprint density at radius 2 is 1.88 bits per heavy atom. The number of rotatable bonds is 3. The van der Waals surface area contributed by atoms with Crippen LogP contribution in [0.3, 0.4) is 0 Å². The van der Waals surface area contributed by atoms with Crippen LogP contribution in [0.15, 0.2) is 24.3 Å². The van der Waals surface area contributed by atoms with E-state index in [0.717, 1.165) is 50.8 Å². The molecule has 26 heavy (non-hydrogen) atoms. The number of hydrogen-bond donors (Lipinski definition) is 0. The van der Waals surface area contributed by atoms with Crippen LogP contribution >= 0.6 is 11.6 Å². The zero-order valence-electron chi connectivity index (χ0n) is 14.9. The van der Waals surface area contributed by atoms with Crippen molar-refractivity contribution < 1.29 is 4.79 Å². The fraction of sp³-hybridized carbons (Fsp3) is 0.526. The van der Waals surface area contributed by atoms with Crippen LogP contribution < -0.4 is 0 Å². The van der Waals surface area contributed by atoms with Crippen LogP contribution in [0.4, 0.5) is 0 Å². The molecule has 1 aromatic heterocycles. The summed E-state index contributed by atoms with van der Waals surface area (Å²) >= 11 is 6.04. The first kappa shape index (κ1) is 17.5. The molecule has 0 spiro atoms. The van der Waals surface area contributed by atoms with Crippen molar-refractivity contribution in [3.05, 3.63) is 46.5 Å². The second-order valence-corrected chi connectivity index (χ2v) is 7.55. The smallest absolute Gasteiger partial charge is 0.254 e. The summed E-state index contributed by atoms with van der Waals surface area (Å²) in [5.74, 6) is 1.91. The van der Waals surface area contributed by atoms with Gasteiger partial charge in [-0.15, -0.1) is 10.2 Å². The van der Waals surface area contributed by atoms with Crippen molar-refractivity contribution in [2.45, 2.75) is 45.3 Å². The Morgan fingerprint density at radius 1 is 1.04 bits per heavy atom. The van der Waals surface area contributed by atoms with Gasteiger partial charge in [-0.1, -0.05) is 24.1 Å². The number of carbonyl (C=O) groups excluding carboxylic acids is 1. The van der Waals surface area contributed by atoms with Crippen LogP contribution in [0, 0.1) is 0 Å². The molecule has 138 valence electrons. The highest BCUT2D eigenvalue weighted by Gasteiger charge is 2.24. The molecule has 0 radical (unpaired) electrons. The summed E-state index contributed by atoms with van der Waals surface area (Å²) in [6, 6.07) is 7.13. The molecule has 0 aliphatic carbocycles. The number of amides is 1. The predicted molar refractivity (Wildman–Crippen MR) is 100.0 cm³/mol. The van der Waals surface area contributed by atoms with Crippen molar-refractivity contribution in [1.82, 2.24) is 24.6 Å². The third kappa shape index (κ3) is 3.76. The number of piperidine rings is 1. The molecule has 3 heterocycles. The Morgan fingerprint density at radius 3 is 2.69 bits per heavy atom. The number of aromatic nitrogens is 3. The standard InChI is InChI=1S/C19H24ClN5O/c20-16-7-4-6-15(12-16)19(26)24-10-5-11-25-17(21-22-18(25)14-24)13-23-8-2-1-3-9-23/h4,6-7,12H,1-3,5,8-11,13-14H2. The summed E-state index contributed by atoms with van der Waals surface area (Å²) in [6.07, 6.45) is 4.77. The summed E-state index contributed by atoms with van der Waals surface area (Å²) < 4.78 is 2.21. The Bertz CT molecular complexity index is 784. The molecule has 2 aliphatic rings. The number of benzene rings is 1. The first-order chi connectivity index (χ1) is 12.7. The van der Waals surface area contributed by atoms with Gasteiger partial charge in [-0.25, -0.2) is 0 Å². The van der Waals surface area contributed by atoms with Crippen LogP contribution in [0.5, 0.6) is 0 Å². The Kier molecular flexibility index (Phi) is 5.22. The van der Waals surface area contributed by atoms with Crippen molar-refractivity contribution in [1.29, 1.82) is 0 Å². The van der Waals surface area contributed by atoms with Gasteiger partial charge >= 0.3 is 0 Å². The topological polar surface area (TPSA) is 54.3 Å². The minimum Gasteiger partial charge on any atom is -0.331 e. The Hall–Kier alpha value is -1.92. The van der Waals surface area contributed by atoms with Gasteiger partial charge in [0.25, 0.3) is 5.91 Å². The predicted octanol–water partition coefficient (Wildman–Crippen LogP) is 2.96. The van der Waals surface area contributed by atoms with Crippen LogP contribution in [0.25, 0.3) is 0 Å². The third-order valence-electron chi connectivity index (χ3n) is 5.22. The van der Waals surface area contributed by atoms with Gasteiger partial charge in [-0.2, -0.15) is 0 Å². The molecule has 6 nitrogen and oxygen atoms in total. The fourth-order valence-electron chi connectivity index (χ4n) is 3.83. The normalized spacial score (nSPS) is 18.4. The number of fused-ring (bicyclic) bond motifs is 1. The molecule has 0 atom stereocenters. The van der Waals surface area contributed by atoms with Crippen molar-refractivity contribution in [3.63, 3.8) is 0 Å². The maximum Gasteiger partial charge on any atom is 0.254 e. The lowest BCUT2D eigenvalue weighted by molar-refractivity contribution is 0.0743. The highest BCUT2D eigenvalue weighted by Crippen LogP contribution is 2.19. The van der Waals surface area contributed by atoms with Gasteiger partial charge in [-0.3, -0.25) is 9.69 Å². The largest absolute Gasteiger partial charge is 0.331 e. The molecule has 1 fully saturated rings. The molecule has 0 unspecified atom stereocenters. The highest BCUT2D eigenvalue weighted by atomic mass is 35.5. The van der Waals surface area contributed by atoms with Gasteiger partial charge in [0.2, 0.25) is 0 Å². The number of halogens is 1. The van der Waals surface area contributed by atoms with Gasteiger partial charge in [0.1, 0.15) is 5.82 Å². The van der Waals surface area contributed by atoms with E-state index in [4.69, 9.17) is 11.6 Å². The number of nitrogens with zero attached hydrogens (tertiary/aromatic N) is 5. The van der Waals surface area contributed by atoms with E-state index in [1.165, 1.54) is 19.3 Å². The van der Waals surface area contributed by atoms with Crippen LogP contribution in [0.1, 0.15) is 47.7 Å². The fourth-order valence-corrected chi connectivity index (χ4v) is 4.02. The molecule has 1 amide bonds. The lowest BCUT2D eigenvalue weighted by Crippen LogP contribution is -2.31. The molecule has 2 aliphatic heterocycles. The maximum atomic E-state index is 12.8. The zero-order valence-corrected chi connectivity index (χ0v) is 15.7. The third-order valence-corrected chi connectivity index (χ3v) is 5.45. The first-order valence-electron chi connectivity index (χ1n) is 9.39. The van der Waals surface area contributed by atoms with Gasteiger partial charge in [0.15, 0.2) is 5.82 Å². The molecule has 0 N–H and O–H groups in total. The van der Waals surface area contributed by atoms with Crippen molar-refractivity contribution in [2.24, 2.45) is 0 Å². The van der Waals surface area contributed by atoms with Gasteiger partial charge in [0, 0.05) is 23.7 Å². The molecule has 1 saturated heterocycles. The quantitative estimate of drug-likeness (QED) is 0.830. The summed E-state index contributed by atoms with van der Waals surface area (Å²) in [5, 5.41) is 9.40. The average Bonchev–Trinajstić information content (AvgIpc) is 2.89. The van der Waals surface area contributed by atoms with E-state index in [2.05, 4.69) is 19.7 Å². The van der Waals surface area contributed by atoms with E-state index in [1.54, 1.807) is 12.1 Å². The molecule has 7 heteroatoms. The molecule has 0 saturated carbocycles. The number of carbonyl (C=O) groups is 1. The van der Waals surface area contributed by atoms with E-state index in [9.17, 15) is 4.79 Å². The van der Waals surface area contributed by atoms with Crippen LogP contribution in [-0.2, 0) is 19.6 Å². The zero-order chi connectivity index (χ0) is 17.9. The second kappa shape index (κ2) is 7.76. The van der Waals surface area contributed by atoms with Crippen LogP contribution in [-0.4, -0.2) is 50.1 Å². The van der Waals surface area contributed by atoms with E-state index in [-0.39, 0.29) is 5.91 Å². The van der Waals surface area contributed by atoms with Crippen molar-refractivity contribution in [2.75, 3.05) is 19.6 Å². The number of hydrogen-bond acceptors (Lipinski definition) is 4. The number of likely N-dealkylation sites (tertiary alicyclic amines) is 1. The minimum absolute atomic E-state index is 0.00142. The molecular formula is C19H24ClN5O. The first-order valence-corrected chi connectivity index (χ1v) is 9.76. The van der Waals surface area contributed by atoms with Gasteiger partial charge in [-0.05, 0) is 50.6 Å². The lowest BCUT2D eigenvalue weighted by atomic mass is 10.1. The summed E-state index contributed by atoms with van der Waals surface area (Å²) in [7, 11) is 0. The SMILES string of the molecule is O=C(c1cccc(Cl)c1)N1CCCn2c(CN3CCCCC3)nnc2C1. The van der Waals surface area contributed by atoms with Gasteiger partial charge in [0.05, 0.1) is 13.1 Å². The van der Waals surface area contributed by atoms with Gasteiger partial charge < -0.3 is 9.47 Å². The highest BCUT2D eigenvalue weighted by molar-refractivity contribution is 6.30. The van der Waals surface area contributed by atoms with Crippen molar-refractivity contribution >= 4 is 17.5 Å². The Balaban J connectivity index is 1.49. The average molecular weight is 374 g/mol. The monoisotopic (exact) mass is 373 g/mol. The lowest BCUT2D eigenvalue weighted by Gasteiger charge is -2.25. The molecule has 1 aromatic carbocycles. The van der Waals surface area contributed by atoms with Crippen LogP contribution in [0.2, 0.25) is 5.02 Å². The molecule has 0 bridgehead atoms. The summed E-state index contributed by atoms with van der Waals surface area (Å²) in [6.45, 7) is 5.22. The van der Waals surface area contributed by atoms with Crippen molar-refractivity contribution in [3.8, 4) is 0 Å². The van der Waals surface area contributed by atoms with E-state index >= 15 is 0 Å². The Labute approximate surface area is 158 Å². The van der Waals surface area contributed by atoms with E-state index < -0.39 is 0 Å². The van der Waals surface area contributed by atoms with E-state index in [1.807, 2.05) is 17.0 Å². The maximum absolute atomic E-state index is 12.8. The molecule has 4 rings (SSSR count). The summed E-state index contributed by atoms with van der Waals surface area (Å²) in [5.41, 5.74) is 0.624. The minimum atomic E-state index is 0.00142.